The average Bonchev–Trinajstić information content (AvgIpc) is 3.04. The molecule has 1 fully saturated rings. The number of furan rings is 1. The number of rotatable bonds is 8. The second-order valence-electron chi connectivity index (χ2n) is 6.69. The standard InChI is InChI=1S/C19H24F2N2O4S/c20-19(21)27-15-7-5-8-16(13-15)28(24,25)22-14-17(18-9-6-12-26-18)23-10-3-1-2-4-11-23/h5-9,12-13,17,19,22H,1-4,10-11,14H2. The van der Waals surface area contributed by atoms with Crippen molar-refractivity contribution in [1.82, 2.24) is 9.62 Å². The first-order valence-electron chi connectivity index (χ1n) is 9.28. The first kappa shape index (κ1) is 20.8. The van der Waals surface area contributed by atoms with Crippen LogP contribution in [0.4, 0.5) is 8.78 Å². The molecular weight excluding hydrogens is 390 g/mol. The number of hydrogen-bond acceptors (Lipinski definition) is 5. The summed E-state index contributed by atoms with van der Waals surface area (Å²) in [6, 6.07) is 8.46. The van der Waals surface area contributed by atoms with Gasteiger partial charge >= 0.3 is 6.61 Å². The van der Waals surface area contributed by atoms with Crippen molar-refractivity contribution in [3.8, 4) is 5.75 Å². The Kier molecular flexibility index (Phi) is 7.03. The van der Waals surface area contributed by atoms with Crippen LogP contribution in [0.15, 0.2) is 52.0 Å². The molecule has 1 aliphatic rings. The predicted molar refractivity (Wildman–Crippen MR) is 99.8 cm³/mol. The molecule has 0 saturated carbocycles. The third-order valence-corrected chi connectivity index (χ3v) is 6.18. The summed E-state index contributed by atoms with van der Waals surface area (Å²) in [5, 5.41) is 0. The van der Waals surface area contributed by atoms with Gasteiger partial charge in [-0.1, -0.05) is 18.9 Å². The van der Waals surface area contributed by atoms with Crippen LogP contribution in [0.5, 0.6) is 5.75 Å². The van der Waals surface area contributed by atoms with Crippen LogP contribution in [0.3, 0.4) is 0 Å². The van der Waals surface area contributed by atoms with Crippen LogP contribution in [0.1, 0.15) is 37.5 Å². The molecule has 154 valence electrons. The third kappa shape index (κ3) is 5.52. The molecule has 1 aromatic heterocycles. The summed E-state index contributed by atoms with van der Waals surface area (Å²) in [4.78, 5) is 2.10. The maximum absolute atomic E-state index is 12.7. The second kappa shape index (κ2) is 9.49. The minimum atomic E-state index is -3.90. The van der Waals surface area contributed by atoms with E-state index in [1.165, 1.54) is 18.2 Å². The number of ether oxygens (including phenoxy) is 1. The largest absolute Gasteiger partial charge is 0.468 e. The molecule has 1 saturated heterocycles. The number of halogens is 2. The molecule has 2 heterocycles. The molecule has 0 spiro atoms. The molecule has 0 bridgehead atoms. The van der Waals surface area contributed by atoms with Gasteiger partial charge in [-0.05, 0) is 50.2 Å². The van der Waals surface area contributed by atoms with Gasteiger partial charge < -0.3 is 9.15 Å². The minimum Gasteiger partial charge on any atom is -0.468 e. The van der Waals surface area contributed by atoms with E-state index in [9.17, 15) is 17.2 Å². The van der Waals surface area contributed by atoms with Crippen molar-refractivity contribution in [3.05, 3.63) is 48.4 Å². The average molecular weight is 414 g/mol. The zero-order chi connectivity index (χ0) is 20.0. The number of hydrogen-bond donors (Lipinski definition) is 1. The topological polar surface area (TPSA) is 71.8 Å². The van der Waals surface area contributed by atoms with Gasteiger partial charge in [0, 0.05) is 12.6 Å². The van der Waals surface area contributed by atoms with Crippen molar-refractivity contribution in [3.63, 3.8) is 0 Å². The molecule has 0 amide bonds. The van der Waals surface area contributed by atoms with Crippen LogP contribution in [-0.2, 0) is 10.0 Å². The quantitative estimate of drug-likeness (QED) is 0.712. The van der Waals surface area contributed by atoms with Crippen LogP contribution < -0.4 is 9.46 Å². The Morgan fingerprint density at radius 3 is 2.50 bits per heavy atom. The summed E-state index contributed by atoms with van der Waals surface area (Å²) in [5.41, 5.74) is 0. The van der Waals surface area contributed by atoms with Crippen LogP contribution in [0.25, 0.3) is 0 Å². The van der Waals surface area contributed by atoms with Crippen LogP contribution in [-0.4, -0.2) is 39.6 Å². The Hall–Kier alpha value is -1.97. The molecule has 1 aliphatic heterocycles. The van der Waals surface area contributed by atoms with Crippen molar-refractivity contribution in [2.75, 3.05) is 19.6 Å². The number of likely N-dealkylation sites (tertiary alicyclic amines) is 1. The van der Waals surface area contributed by atoms with Gasteiger partial charge in [0.25, 0.3) is 0 Å². The first-order chi connectivity index (χ1) is 13.5. The van der Waals surface area contributed by atoms with E-state index in [1.807, 2.05) is 6.07 Å². The van der Waals surface area contributed by atoms with E-state index >= 15 is 0 Å². The fraction of sp³-hybridized carbons (Fsp3) is 0.474. The van der Waals surface area contributed by atoms with E-state index in [1.54, 1.807) is 12.3 Å². The summed E-state index contributed by atoms with van der Waals surface area (Å²) in [7, 11) is -3.90. The Morgan fingerprint density at radius 2 is 1.86 bits per heavy atom. The number of sulfonamides is 1. The Labute approximate surface area is 163 Å². The second-order valence-corrected chi connectivity index (χ2v) is 8.45. The molecule has 1 N–H and O–H groups in total. The molecule has 28 heavy (non-hydrogen) atoms. The molecule has 6 nitrogen and oxygen atoms in total. The van der Waals surface area contributed by atoms with E-state index in [4.69, 9.17) is 4.42 Å². The molecule has 0 aliphatic carbocycles. The van der Waals surface area contributed by atoms with Crippen LogP contribution >= 0.6 is 0 Å². The smallest absolute Gasteiger partial charge is 0.387 e. The van der Waals surface area contributed by atoms with Gasteiger partial charge in [-0.25, -0.2) is 13.1 Å². The molecular formula is C19H24F2N2O4S. The monoisotopic (exact) mass is 414 g/mol. The van der Waals surface area contributed by atoms with Crippen LogP contribution in [0, 0.1) is 0 Å². The Balaban J connectivity index is 1.74. The van der Waals surface area contributed by atoms with Gasteiger partial charge in [0.1, 0.15) is 11.5 Å². The normalized spacial score (nSPS) is 17.4. The summed E-state index contributed by atoms with van der Waals surface area (Å²) in [6.45, 7) is -1.16. The molecule has 1 aromatic carbocycles. The van der Waals surface area contributed by atoms with Gasteiger partial charge in [-0.3, -0.25) is 4.90 Å². The number of alkyl halides is 2. The lowest BCUT2D eigenvalue weighted by Crippen LogP contribution is -2.38. The highest BCUT2D eigenvalue weighted by Gasteiger charge is 2.26. The summed E-state index contributed by atoms with van der Waals surface area (Å²) < 4.78 is 62.6. The van der Waals surface area contributed by atoms with E-state index in [2.05, 4.69) is 14.4 Å². The molecule has 2 aromatic rings. The zero-order valence-electron chi connectivity index (χ0n) is 15.4. The lowest BCUT2D eigenvalue weighted by atomic mass is 10.2. The summed E-state index contributed by atoms with van der Waals surface area (Å²) in [5.74, 6) is 0.493. The number of nitrogens with zero attached hydrogens (tertiary/aromatic N) is 1. The first-order valence-corrected chi connectivity index (χ1v) is 10.8. The molecule has 1 unspecified atom stereocenters. The zero-order valence-corrected chi connectivity index (χ0v) is 16.2. The third-order valence-electron chi connectivity index (χ3n) is 4.76. The molecule has 3 rings (SSSR count). The highest BCUT2D eigenvalue weighted by molar-refractivity contribution is 7.89. The maximum Gasteiger partial charge on any atom is 0.387 e. The van der Waals surface area contributed by atoms with E-state index in [0.29, 0.717) is 5.76 Å². The fourth-order valence-corrected chi connectivity index (χ4v) is 4.46. The van der Waals surface area contributed by atoms with Gasteiger partial charge in [0.05, 0.1) is 17.2 Å². The van der Waals surface area contributed by atoms with E-state index in [-0.39, 0.29) is 23.2 Å². The Bertz CT molecular complexity index is 835. The van der Waals surface area contributed by atoms with Crippen molar-refractivity contribution < 1.29 is 26.4 Å². The van der Waals surface area contributed by atoms with Crippen molar-refractivity contribution in [2.45, 2.75) is 43.2 Å². The van der Waals surface area contributed by atoms with Crippen LogP contribution in [0.2, 0.25) is 0 Å². The van der Waals surface area contributed by atoms with Crippen molar-refractivity contribution in [2.24, 2.45) is 0 Å². The van der Waals surface area contributed by atoms with Gasteiger partial charge in [0.15, 0.2) is 0 Å². The molecule has 1 atom stereocenters. The highest BCUT2D eigenvalue weighted by Crippen LogP contribution is 2.25. The Morgan fingerprint density at radius 1 is 1.11 bits per heavy atom. The van der Waals surface area contributed by atoms with Gasteiger partial charge in [-0.15, -0.1) is 0 Å². The molecule has 9 heteroatoms. The van der Waals surface area contributed by atoms with Crippen molar-refractivity contribution >= 4 is 10.0 Å². The number of benzene rings is 1. The maximum atomic E-state index is 12.7. The lowest BCUT2D eigenvalue weighted by Gasteiger charge is -2.29. The number of nitrogens with one attached hydrogen (secondary N) is 1. The summed E-state index contributed by atoms with van der Waals surface area (Å²) >= 11 is 0. The van der Waals surface area contributed by atoms with E-state index < -0.39 is 16.6 Å². The van der Waals surface area contributed by atoms with Gasteiger partial charge in [-0.2, -0.15) is 8.78 Å². The minimum absolute atomic E-state index is 0.121. The summed E-state index contributed by atoms with van der Waals surface area (Å²) in [6.07, 6.45) is 5.99. The lowest BCUT2D eigenvalue weighted by molar-refractivity contribution is -0.0499. The molecule has 0 radical (unpaired) electrons. The van der Waals surface area contributed by atoms with Crippen molar-refractivity contribution in [1.29, 1.82) is 0 Å². The SMILES string of the molecule is O=S(=O)(NCC(c1ccco1)N1CCCCCC1)c1cccc(OC(F)F)c1. The van der Waals surface area contributed by atoms with Gasteiger partial charge in [0.2, 0.25) is 10.0 Å². The fourth-order valence-electron chi connectivity index (χ4n) is 3.39. The predicted octanol–water partition coefficient (Wildman–Crippen LogP) is 3.78. The van der Waals surface area contributed by atoms with E-state index in [0.717, 1.165) is 44.8 Å². The highest BCUT2D eigenvalue weighted by atomic mass is 32.2.